The van der Waals surface area contributed by atoms with Gasteiger partial charge in [0.15, 0.2) is 0 Å². The molecule has 0 radical (unpaired) electrons. The maximum Gasteiger partial charge on any atom is 0.251 e. The van der Waals surface area contributed by atoms with Crippen molar-refractivity contribution in [3.63, 3.8) is 0 Å². The van der Waals surface area contributed by atoms with Crippen LogP contribution in [0.2, 0.25) is 18.1 Å². The molecule has 0 spiro atoms. The van der Waals surface area contributed by atoms with E-state index < -0.39 is 8.32 Å². The van der Waals surface area contributed by atoms with Gasteiger partial charge >= 0.3 is 0 Å². The SMILES string of the molecule is CCCCCCCc1cc2c(c(O[Si](CCC)(CCC)CCC)c1)[C@@H]1C=C(C)CC[C@H]1C(C)(C)O2. The molecule has 1 heterocycles. The molecule has 2 nitrogen and oxygen atoms in total. The molecule has 0 bridgehead atoms. The van der Waals surface area contributed by atoms with Crippen LogP contribution in [-0.2, 0) is 6.42 Å². The van der Waals surface area contributed by atoms with E-state index in [4.69, 9.17) is 9.16 Å². The lowest BCUT2D eigenvalue weighted by Crippen LogP contribution is -2.46. The summed E-state index contributed by atoms with van der Waals surface area (Å²) in [6.07, 6.45) is 16.3. The van der Waals surface area contributed by atoms with Crippen molar-refractivity contribution in [2.45, 2.75) is 149 Å². The molecule has 1 aliphatic heterocycles. The first-order chi connectivity index (χ1) is 16.8. The summed E-state index contributed by atoms with van der Waals surface area (Å²) < 4.78 is 14.2. The van der Waals surface area contributed by atoms with Gasteiger partial charge in [-0.3, -0.25) is 0 Å². The van der Waals surface area contributed by atoms with Crippen molar-refractivity contribution in [2.24, 2.45) is 5.92 Å². The standard InChI is InChI=1S/C32H54O2Si/c1-8-12-13-14-15-16-26-23-29-31(27-22-25(5)17-18-28(27)32(6,7)33-29)30(24-26)34-35(19-9-2,20-10-3)21-11-4/h22-24,27-28H,8-21H2,1-7H3/t27-,28-/m1/s1. The van der Waals surface area contributed by atoms with Crippen molar-refractivity contribution in [1.82, 2.24) is 0 Å². The topological polar surface area (TPSA) is 18.5 Å². The smallest absolute Gasteiger partial charge is 0.251 e. The van der Waals surface area contributed by atoms with Crippen LogP contribution in [0.15, 0.2) is 23.8 Å². The van der Waals surface area contributed by atoms with Gasteiger partial charge in [0.1, 0.15) is 17.1 Å². The quantitative estimate of drug-likeness (QED) is 0.144. The second kappa shape index (κ2) is 12.8. The molecule has 0 unspecified atom stereocenters. The lowest BCUT2D eigenvalue weighted by molar-refractivity contribution is 0.0110. The third kappa shape index (κ3) is 6.96. The molecular formula is C32H54O2Si. The van der Waals surface area contributed by atoms with E-state index in [2.05, 4.69) is 66.7 Å². The molecule has 0 saturated heterocycles. The Labute approximate surface area is 218 Å². The van der Waals surface area contributed by atoms with Crippen LogP contribution < -0.4 is 9.16 Å². The third-order valence-corrected chi connectivity index (χ3v) is 13.4. The molecule has 2 atom stereocenters. The van der Waals surface area contributed by atoms with E-state index in [1.807, 2.05) is 0 Å². The minimum Gasteiger partial charge on any atom is -0.543 e. The molecule has 0 N–H and O–H groups in total. The predicted octanol–water partition coefficient (Wildman–Crippen LogP) is 10.4. The highest BCUT2D eigenvalue weighted by atomic mass is 28.4. The van der Waals surface area contributed by atoms with Gasteiger partial charge in [-0.2, -0.15) is 0 Å². The second-order valence-electron chi connectivity index (χ2n) is 12.1. The maximum atomic E-state index is 7.39. The van der Waals surface area contributed by atoms with E-state index >= 15 is 0 Å². The monoisotopic (exact) mass is 498 g/mol. The molecule has 3 heteroatoms. The first-order valence-corrected chi connectivity index (χ1v) is 17.5. The number of fused-ring (bicyclic) bond motifs is 3. The summed E-state index contributed by atoms with van der Waals surface area (Å²) in [5.74, 6) is 3.22. The van der Waals surface area contributed by atoms with E-state index in [0.29, 0.717) is 11.8 Å². The predicted molar refractivity (Wildman–Crippen MR) is 155 cm³/mol. The van der Waals surface area contributed by atoms with Gasteiger partial charge in [-0.15, -0.1) is 0 Å². The Balaban J connectivity index is 2.05. The van der Waals surface area contributed by atoms with Crippen LogP contribution in [0.4, 0.5) is 0 Å². The average Bonchev–Trinajstić information content (AvgIpc) is 2.78. The van der Waals surface area contributed by atoms with Gasteiger partial charge in [0.05, 0.1) is 0 Å². The van der Waals surface area contributed by atoms with Gasteiger partial charge in [0, 0.05) is 17.4 Å². The molecule has 0 amide bonds. The number of allylic oxidation sites excluding steroid dienone is 2. The first-order valence-electron chi connectivity index (χ1n) is 15.0. The molecule has 0 aromatic heterocycles. The van der Waals surface area contributed by atoms with Gasteiger partial charge in [0.2, 0.25) is 0 Å². The molecule has 1 aliphatic carbocycles. The highest BCUT2D eigenvalue weighted by molar-refractivity contribution is 6.74. The Hall–Kier alpha value is -1.22. The van der Waals surface area contributed by atoms with Crippen molar-refractivity contribution in [2.75, 3.05) is 0 Å². The highest BCUT2D eigenvalue weighted by Gasteiger charge is 2.46. The Bertz CT molecular complexity index is 823. The number of rotatable bonds is 14. The maximum absolute atomic E-state index is 7.39. The Morgan fingerprint density at radius 3 is 2.20 bits per heavy atom. The van der Waals surface area contributed by atoms with Crippen molar-refractivity contribution >= 4 is 8.32 Å². The van der Waals surface area contributed by atoms with E-state index in [1.54, 1.807) is 0 Å². The fourth-order valence-corrected chi connectivity index (χ4v) is 11.3. The lowest BCUT2D eigenvalue weighted by atomic mass is 9.68. The van der Waals surface area contributed by atoms with Crippen LogP contribution >= 0.6 is 0 Å². The van der Waals surface area contributed by atoms with E-state index in [9.17, 15) is 0 Å². The van der Waals surface area contributed by atoms with E-state index in [1.165, 1.54) is 105 Å². The highest BCUT2D eigenvalue weighted by Crippen LogP contribution is 2.54. The number of ether oxygens (including phenoxy) is 1. The minimum absolute atomic E-state index is 0.142. The summed E-state index contributed by atoms with van der Waals surface area (Å²) in [4.78, 5) is 0. The Kier molecular flexibility index (Phi) is 10.4. The number of hydrogen-bond donors (Lipinski definition) is 0. The van der Waals surface area contributed by atoms with Crippen molar-refractivity contribution in [3.8, 4) is 11.5 Å². The summed E-state index contributed by atoms with van der Waals surface area (Å²) in [6, 6.07) is 8.61. The molecule has 35 heavy (non-hydrogen) atoms. The zero-order valence-corrected chi connectivity index (χ0v) is 25.1. The van der Waals surface area contributed by atoms with Crippen LogP contribution in [0.3, 0.4) is 0 Å². The van der Waals surface area contributed by atoms with Gasteiger partial charge in [-0.05, 0) is 82.3 Å². The van der Waals surface area contributed by atoms with E-state index in [-0.39, 0.29) is 5.60 Å². The van der Waals surface area contributed by atoms with Crippen LogP contribution in [0.5, 0.6) is 11.5 Å². The Morgan fingerprint density at radius 1 is 0.914 bits per heavy atom. The van der Waals surface area contributed by atoms with Gasteiger partial charge in [0.25, 0.3) is 8.32 Å². The van der Waals surface area contributed by atoms with Crippen molar-refractivity contribution in [3.05, 3.63) is 34.9 Å². The van der Waals surface area contributed by atoms with Crippen LogP contribution in [0.1, 0.15) is 130 Å². The summed E-state index contributed by atoms with van der Waals surface area (Å²) in [5.41, 5.74) is 4.16. The number of unbranched alkanes of at least 4 members (excludes halogenated alkanes) is 4. The molecule has 198 valence electrons. The van der Waals surface area contributed by atoms with Crippen molar-refractivity contribution < 1.29 is 9.16 Å². The van der Waals surface area contributed by atoms with Crippen LogP contribution in [0.25, 0.3) is 0 Å². The number of benzene rings is 1. The van der Waals surface area contributed by atoms with Crippen LogP contribution in [0, 0.1) is 5.92 Å². The fraction of sp³-hybridized carbons (Fsp3) is 0.750. The molecule has 1 aromatic carbocycles. The molecule has 2 aliphatic rings. The normalized spacial score (nSPS) is 21.1. The zero-order chi connectivity index (χ0) is 25.5. The van der Waals surface area contributed by atoms with E-state index in [0.717, 1.165) is 12.2 Å². The number of hydrogen-bond acceptors (Lipinski definition) is 2. The van der Waals surface area contributed by atoms with Crippen molar-refractivity contribution in [1.29, 1.82) is 0 Å². The van der Waals surface area contributed by atoms with Gasteiger partial charge in [-0.25, -0.2) is 0 Å². The second-order valence-corrected chi connectivity index (χ2v) is 16.2. The zero-order valence-electron chi connectivity index (χ0n) is 24.1. The average molecular weight is 499 g/mol. The summed E-state index contributed by atoms with van der Waals surface area (Å²) in [6.45, 7) is 16.2. The molecule has 1 aromatic rings. The summed E-state index contributed by atoms with van der Waals surface area (Å²) >= 11 is 0. The van der Waals surface area contributed by atoms with Gasteiger partial charge < -0.3 is 9.16 Å². The summed E-state index contributed by atoms with van der Waals surface area (Å²) in [5, 5.41) is 0. The summed E-state index contributed by atoms with van der Waals surface area (Å²) in [7, 11) is -1.85. The first kappa shape index (κ1) is 28.3. The van der Waals surface area contributed by atoms with Gasteiger partial charge in [-0.1, -0.05) is 84.3 Å². The minimum atomic E-state index is -1.85. The van der Waals surface area contributed by atoms with Crippen LogP contribution in [-0.4, -0.2) is 13.9 Å². The molecular weight excluding hydrogens is 444 g/mol. The lowest BCUT2D eigenvalue weighted by Gasteiger charge is -2.47. The molecule has 0 fully saturated rings. The third-order valence-electron chi connectivity index (χ3n) is 8.52. The Morgan fingerprint density at radius 2 is 1.57 bits per heavy atom. The molecule has 3 rings (SSSR count). The number of aryl methyl sites for hydroxylation is 1. The fourth-order valence-electron chi connectivity index (χ4n) is 6.85. The molecule has 0 saturated carbocycles. The largest absolute Gasteiger partial charge is 0.543 e.